The van der Waals surface area contributed by atoms with Gasteiger partial charge in [0.15, 0.2) is 11.5 Å². The van der Waals surface area contributed by atoms with Crippen LogP contribution in [-0.2, 0) is 17.9 Å². The first-order valence-corrected chi connectivity index (χ1v) is 10.0. The molecule has 7 nitrogen and oxygen atoms in total. The van der Waals surface area contributed by atoms with Gasteiger partial charge in [0, 0.05) is 39.3 Å². The van der Waals surface area contributed by atoms with Gasteiger partial charge < -0.3 is 23.7 Å². The molecule has 1 aliphatic rings. The molecule has 29 heavy (non-hydrogen) atoms. The van der Waals surface area contributed by atoms with E-state index < -0.39 is 6.10 Å². The standard InChI is InChI=1S/C22H32N2O5/c1-17-11-21(26-2)22(27-3)12-18(17)13-23-6-8-24(9-7-23)14-19(25)15-28-16-20-5-4-10-29-20/h4-5,10-12,19,25H,6-9,13-16H2,1-3H3/t19-/m1/s1. The van der Waals surface area contributed by atoms with Crippen molar-refractivity contribution in [2.75, 3.05) is 53.6 Å². The number of aliphatic hydroxyl groups is 1. The normalized spacial score (nSPS) is 16.7. The Labute approximate surface area is 172 Å². The van der Waals surface area contributed by atoms with Crippen LogP contribution in [0.15, 0.2) is 34.9 Å². The number of aryl methyl sites for hydroxylation is 1. The molecule has 0 radical (unpaired) electrons. The number of benzene rings is 1. The Morgan fingerprint density at radius 1 is 1.07 bits per heavy atom. The molecule has 0 unspecified atom stereocenters. The summed E-state index contributed by atoms with van der Waals surface area (Å²) < 4.78 is 21.6. The molecule has 7 heteroatoms. The highest BCUT2D eigenvalue weighted by atomic mass is 16.5. The van der Waals surface area contributed by atoms with Crippen molar-refractivity contribution in [3.05, 3.63) is 47.4 Å². The zero-order chi connectivity index (χ0) is 20.6. The smallest absolute Gasteiger partial charge is 0.161 e. The summed E-state index contributed by atoms with van der Waals surface area (Å²) in [5, 5.41) is 10.2. The van der Waals surface area contributed by atoms with Crippen LogP contribution in [0, 0.1) is 6.92 Å². The highest BCUT2D eigenvalue weighted by Crippen LogP contribution is 2.31. The van der Waals surface area contributed by atoms with Gasteiger partial charge in [-0.3, -0.25) is 9.80 Å². The van der Waals surface area contributed by atoms with Crippen LogP contribution in [0.25, 0.3) is 0 Å². The molecule has 1 N–H and O–H groups in total. The van der Waals surface area contributed by atoms with Crippen molar-refractivity contribution in [1.29, 1.82) is 0 Å². The number of furan rings is 1. The fraction of sp³-hybridized carbons (Fsp3) is 0.545. The molecule has 160 valence electrons. The quantitative estimate of drug-likeness (QED) is 0.652. The van der Waals surface area contributed by atoms with Crippen LogP contribution in [0.5, 0.6) is 11.5 Å². The zero-order valence-corrected chi connectivity index (χ0v) is 17.6. The van der Waals surface area contributed by atoms with Gasteiger partial charge in [-0.2, -0.15) is 0 Å². The summed E-state index contributed by atoms with van der Waals surface area (Å²) in [5.74, 6) is 2.31. The van der Waals surface area contributed by atoms with E-state index in [9.17, 15) is 5.11 Å². The SMILES string of the molecule is COc1cc(C)c(CN2CCN(C[C@@H](O)COCc3ccco3)CC2)cc1OC. The van der Waals surface area contributed by atoms with Crippen molar-refractivity contribution in [2.24, 2.45) is 0 Å². The van der Waals surface area contributed by atoms with E-state index in [2.05, 4.69) is 22.8 Å². The van der Waals surface area contributed by atoms with Crippen LogP contribution in [0.2, 0.25) is 0 Å². The third-order valence-corrected chi connectivity index (χ3v) is 5.30. The van der Waals surface area contributed by atoms with Gasteiger partial charge in [-0.25, -0.2) is 0 Å². The summed E-state index contributed by atoms with van der Waals surface area (Å²) in [7, 11) is 3.33. The van der Waals surface area contributed by atoms with E-state index in [1.54, 1.807) is 20.5 Å². The molecule has 2 heterocycles. The molecule has 3 rings (SSSR count). The summed E-state index contributed by atoms with van der Waals surface area (Å²) in [6.07, 6.45) is 1.13. The Hall–Kier alpha value is -2.06. The first-order valence-electron chi connectivity index (χ1n) is 10.0. The fourth-order valence-electron chi connectivity index (χ4n) is 3.60. The van der Waals surface area contributed by atoms with Crippen molar-refractivity contribution in [2.45, 2.75) is 26.2 Å². The summed E-state index contributed by atoms with van der Waals surface area (Å²) in [6.45, 7) is 8.11. The molecule has 1 aromatic heterocycles. The summed E-state index contributed by atoms with van der Waals surface area (Å²) in [6, 6.07) is 7.80. The second kappa shape index (κ2) is 10.6. The van der Waals surface area contributed by atoms with Crippen LogP contribution in [-0.4, -0.2) is 74.6 Å². The molecule has 0 aliphatic carbocycles. The van der Waals surface area contributed by atoms with E-state index in [1.165, 1.54) is 11.1 Å². The summed E-state index contributed by atoms with van der Waals surface area (Å²) in [5.41, 5.74) is 2.46. The molecule has 0 saturated carbocycles. The Balaban J connectivity index is 1.41. The number of piperazine rings is 1. The van der Waals surface area contributed by atoms with Crippen LogP contribution >= 0.6 is 0 Å². The average molecular weight is 405 g/mol. The van der Waals surface area contributed by atoms with E-state index in [1.807, 2.05) is 18.2 Å². The minimum absolute atomic E-state index is 0.311. The van der Waals surface area contributed by atoms with Gasteiger partial charge in [0.25, 0.3) is 0 Å². The van der Waals surface area contributed by atoms with Crippen molar-refractivity contribution in [3.63, 3.8) is 0 Å². The van der Waals surface area contributed by atoms with Gasteiger partial charge in [0.2, 0.25) is 0 Å². The highest BCUT2D eigenvalue weighted by molar-refractivity contribution is 5.47. The van der Waals surface area contributed by atoms with E-state index in [0.717, 1.165) is 50.0 Å². The molecule has 1 aliphatic heterocycles. The molecule has 0 spiro atoms. The molecular formula is C22H32N2O5. The number of nitrogens with zero attached hydrogens (tertiary/aromatic N) is 2. The van der Waals surface area contributed by atoms with Crippen LogP contribution in [0.1, 0.15) is 16.9 Å². The predicted molar refractivity (Wildman–Crippen MR) is 110 cm³/mol. The second-order valence-electron chi connectivity index (χ2n) is 7.46. The van der Waals surface area contributed by atoms with E-state index in [4.69, 9.17) is 18.6 Å². The topological polar surface area (TPSA) is 67.5 Å². The Morgan fingerprint density at radius 3 is 2.41 bits per heavy atom. The van der Waals surface area contributed by atoms with Crippen molar-refractivity contribution in [3.8, 4) is 11.5 Å². The molecule has 1 atom stereocenters. The number of hydrogen-bond acceptors (Lipinski definition) is 7. The maximum absolute atomic E-state index is 10.2. The summed E-state index contributed by atoms with van der Waals surface area (Å²) in [4.78, 5) is 4.73. The van der Waals surface area contributed by atoms with Crippen LogP contribution in [0.3, 0.4) is 0 Å². The van der Waals surface area contributed by atoms with Gasteiger partial charge in [0.1, 0.15) is 12.4 Å². The predicted octanol–water partition coefficient (Wildman–Crippen LogP) is 2.30. The van der Waals surface area contributed by atoms with Crippen molar-refractivity contribution >= 4 is 0 Å². The lowest BCUT2D eigenvalue weighted by molar-refractivity contribution is -0.00309. The zero-order valence-electron chi connectivity index (χ0n) is 17.6. The van der Waals surface area contributed by atoms with Gasteiger partial charge >= 0.3 is 0 Å². The van der Waals surface area contributed by atoms with E-state index >= 15 is 0 Å². The third kappa shape index (κ3) is 6.21. The van der Waals surface area contributed by atoms with Crippen molar-refractivity contribution in [1.82, 2.24) is 9.80 Å². The minimum Gasteiger partial charge on any atom is -0.493 e. The number of rotatable bonds is 10. The number of hydrogen-bond donors (Lipinski definition) is 1. The minimum atomic E-state index is -0.496. The second-order valence-corrected chi connectivity index (χ2v) is 7.46. The van der Waals surface area contributed by atoms with Gasteiger partial charge in [-0.15, -0.1) is 0 Å². The number of ether oxygens (including phenoxy) is 3. The molecule has 0 bridgehead atoms. The monoisotopic (exact) mass is 404 g/mol. The molecular weight excluding hydrogens is 372 g/mol. The third-order valence-electron chi connectivity index (χ3n) is 5.30. The summed E-state index contributed by atoms with van der Waals surface area (Å²) >= 11 is 0. The average Bonchev–Trinajstić information content (AvgIpc) is 3.24. The highest BCUT2D eigenvalue weighted by Gasteiger charge is 2.20. The Bertz CT molecular complexity index is 742. The Kier molecular flexibility index (Phi) is 7.94. The maximum Gasteiger partial charge on any atom is 0.161 e. The first-order chi connectivity index (χ1) is 14.1. The van der Waals surface area contributed by atoms with Gasteiger partial charge in [-0.05, 0) is 42.3 Å². The molecule has 2 aromatic rings. The molecule has 1 aromatic carbocycles. The Morgan fingerprint density at radius 2 is 1.76 bits per heavy atom. The molecule has 1 saturated heterocycles. The van der Waals surface area contributed by atoms with Crippen LogP contribution < -0.4 is 9.47 Å². The largest absolute Gasteiger partial charge is 0.493 e. The van der Waals surface area contributed by atoms with Gasteiger partial charge in [0.05, 0.1) is 33.2 Å². The number of aliphatic hydroxyl groups excluding tert-OH is 1. The van der Waals surface area contributed by atoms with Crippen LogP contribution in [0.4, 0.5) is 0 Å². The first kappa shape index (κ1) is 21.6. The number of methoxy groups -OCH3 is 2. The lowest BCUT2D eigenvalue weighted by Gasteiger charge is -2.35. The van der Waals surface area contributed by atoms with Gasteiger partial charge in [-0.1, -0.05) is 0 Å². The molecule has 0 amide bonds. The fourth-order valence-corrected chi connectivity index (χ4v) is 3.60. The molecule has 1 fully saturated rings. The van der Waals surface area contributed by atoms with E-state index in [-0.39, 0.29) is 0 Å². The van der Waals surface area contributed by atoms with Crippen molar-refractivity contribution < 1.29 is 23.7 Å². The lowest BCUT2D eigenvalue weighted by atomic mass is 10.1. The maximum atomic E-state index is 10.2. The lowest BCUT2D eigenvalue weighted by Crippen LogP contribution is -2.48. The van der Waals surface area contributed by atoms with E-state index in [0.29, 0.717) is 19.8 Å². The number of β-amino-alcohol motifs (C(OH)–C–C–N with tert-alkyl or cyclic N) is 1.